The van der Waals surface area contributed by atoms with Crippen molar-refractivity contribution in [3.63, 3.8) is 0 Å². The Morgan fingerprint density at radius 2 is 1.86 bits per heavy atom. The summed E-state index contributed by atoms with van der Waals surface area (Å²) in [6.45, 7) is 11.2. The monoisotopic (exact) mass is 686 g/mol. The molecule has 0 saturated heterocycles. The molecule has 4 rings (SSSR count). The van der Waals surface area contributed by atoms with Crippen LogP contribution in [-0.2, 0) is 9.59 Å². The van der Waals surface area contributed by atoms with E-state index >= 15 is 0 Å². The maximum atomic E-state index is 14.1. The summed E-state index contributed by atoms with van der Waals surface area (Å²) < 4.78 is 19.7. The molecule has 1 aliphatic rings. The van der Waals surface area contributed by atoms with E-state index in [4.69, 9.17) is 24.3 Å². The van der Waals surface area contributed by atoms with E-state index < -0.39 is 6.04 Å². The number of likely N-dealkylation sites (N-methyl/N-ethyl adjacent to an activating group) is 1. The summed E-state index contributed by atoms with van der Waals surface area (Å²) in [6.07, 6.45) is 0.970. The Kier molecular flexibility index (Phi) is 11.6. The molecule has 2 amide bonds. The number of aromatic nitrogens is 3. The van der Waals surface area contributed by atoms with Crippen LogP contribution in [0.3, 0.4) is 0 Å². The number of rotatable bonds is 14. The average Bonchev–Trinajstić information content (AvgIpc) is 3.42. The van der Waals surface area contributed by atoms with Crippen molar-refractivity contribution >= 4 is 51.1 Å². The number of amides is 2. The zero-order valence-electron chi connectivity index (χ0n) is 25.9. The number of benzene rings is 2. The molecule has 2 aromatic carbocycles. The summed E-state index contributed by atoms with van der Waals surface area (Å²) in [4.78, 5) is 33.1. The van der Waals surface area contributed by atoms with Gasteiger partial charge in [-0.15, -0.1) is 5.10 Å². The number of halogens is 1. The average molecular weight is 688 g/mol. The van der Waals surface area contributed by atoms with Gasteiger partial charge in [0.2, 0.25) is 11.1 Å². The third kappa shape index (κ3) is 7.32. The van der Waals surface area contributed by atoms with E-state index in [-0.39, 0.29) is 18.4 Å². The molecule has 1 aromatic heterocycles. The van der Waals surface area contributed by atoms with E-state index in [1.54, 1.807) is 33.5 Å². The number of nitrogens with zero attached hydrogens (tertiary/aromatic N) is 4. The number of fused-ring (bicyclic) bond motifs is 1. The van der Waals surface area contributed by atoms with Gasteiger partial charge in [-0.1, -0.05) is 30.8 Å². The number of carbonyl (C=O) groups is 2. The Hall–Kier alpha value is -3.71. The lowest BCUT2D eigenvalue weighted by molar-refractivity contribution is -0.133. The molecule has 0 radical (unpaired) electrons. The van der Waals surface area contributed by atoms with Gasteiger partial charge < -0.3 is 29.7 Å². The minimum atomic E-state index is -0.662. The Bertz CT molecular complexity index is 1520. The van der Waals surface area contributed by atoms with Crippen LogP contribution in [0.25, 0.3) is 0 Å². The Labute approximate surface area is 270 Å². The zero-order chi connectivity index (χ0) is 31.8. The molecule has 13 heteroatoms. The van der Waals surface area contributed by atoms with Crippen LogP contribution in [0.2, 0.25) is 0 Å². The predicted octanol–water partition coefficient (Wildman–Crippen LogP) is 6.12. The summed E-state index contributed by atoms with van der Waals surface area (Å²) >= 11 is 5.18. The number of hydrogen-bond donors (Lipinski definition) is 2. The Morgan fingerprint density at radius 1 is 1.11 bits per heavy atom. The standard InChI is InChI=1S/C31H39BrN6O5S/c1-7-15-44-31-35-30-33-19(5)26(29(40)34-22-13-11-12-14-23(22)42-10-4)27(38(30)36-31)20-16-21(32)28(24(17-20)41-6)43-18-25(39)37(8-2)9-3/h11-14,16-17,27H,7-10,15,18H2,1-6H3,(H,34,40)(H,33,35,36). The van der Waals surface area contributed by atoms with Crippen LogP contribution in [0.1, 0.15) is 52.6 Å². The van der Waals surface area contributed by atoms with Crippen molar-refractivity contribution in [3.8, 4) is 17.2 Å². The number of hydrogen-bond acceptors (Lipinski definition) is 9. The van der Waals surface area contributed by atoms with Gasteiger partial charge in [0.15, 0.2) is 18.1 Å². The molecule has 3 aromatic rings. The number of para-hydroxylation sites is 2. The molecule has 44 heavy (non-hydrogen) atoms. The summed E-state index contributed by atoms with van der Waals surface area (Å²) in [5.41, 5.74) is 2.34. The number of anilines is 2. The van der Waals surface area contributed by atoms with Crippen molar-refractivity contribution in [2.45, 2.75) is 52.2 Å². The molecule has 0 bridgehead atoms. The number of nitrogens with one attached hydrogen (secondary N) is 2. The van der Waals surface area contributed by atoms with Gasteiger partial charge in [0, 0.05) is 24.5 Å². The predicted molar refractivity (Wildman–Crippen MR) is 176 cm³/mol. The van der Waals surface area contributed by atoms with Gasteiger partial charge in [-0.05, 0) is 79.9 Å². The largest absolute Gasteiger partial charge is 0.493 e. The highest BCUT2D eigenvalue weighted by molar-refractivity contribution is 9.10. The van der Waals surface area contributed by atoms with Crippen molar-refractivity contribution in [1.82, 2.24) is 19.7 Å². The van der Waals surface area contributed by atoms with E-state index in [0.717, 1.165) is 12.2 Å². The smallest absolute Gasteiger partial charge is 0.260 e. The highest BCUT2D eigenvalue weighted by Crippen LogP contribution is 2.43. The van der Waals surface area contributed by atoms with Crippen LogP contribution in [0, 0.1) is 0 Å². The number of methoxy groups -OCH3 is 1. The highest BCUT2D eigenvalue weighted by Gasteiger charge is 2.36. The second-order valence-corrected chi connectivity index (χ2v) is 11.8. The quantitative estimate of drug-likeness (QED) is 0.193. The molecule has 1 aliphatic heterocycles. The fourth-order valence-electron chi connectivity index (χ4n) is 4.87. The molecule has 0 spiro atoms. The first-order valence-corrected chi connectivity index (χ1v) is 16.4. The number of carbonyl (C=O) groups excluding carboxylic acids is 2. The highest BCUT2D eigenvalue weighted by atomic mass is 79.9. The summed E-state index contributed by atoms with van der Waals surface area (Å²) in [5.74, 6) is 2.31. The van der Waals surface area contributed by atoms with E-state index in [9.17, 15) is 9.59 Å². The van der Waals surface area contributed by atoms with Crippen molar-refractivity contribution in [1.29, 1.82) is 0 Å². The third-order valence-corrected chi connectivity index (χ3v) is 8.60. The topological polar surface area (TPSA) is 120 Å². The minimum Gasteiger partial charge on any atom is -0.493 e. The van der Waals surface area contributed by atoms with E-state index in [0.29, 0.717) is 75.0 Å². The Balaban J connectivity index is 1.77. The van der Waals surface area contributed by atoms with Gasteiger partial charge in [0.1, 0.15) is 11.8 Å². The van der Waals surface area contributed by atoms with Gasteiger partial charge in [-0.25, -0.2) is 4.68 Å². The third-order valence-electron chi connectivity index (χ3n) is 6.97. The molecular weight excluding hydrogens is 648 g/mol. The normalized spacial score (nSPS) is 14.0. The lowest BCUT2D eigenvalue weighted by atomic mass is 9.94. The maximum Gasteiger partial charge on any atom is 0.260 e. The van der Waals surface area contributed by atoms with E-state index in [1.165, 1.54) is 7.11 Å². The van der Waals surface area contributed by atoms with Crippen molar-refractivity contribution in [3.05, 3.63) is 57.7 Å². The first-order valence-electron chi connectivity index (χ1n) is 14.6. The van der Waals surface area contributed by atoms with Crippen LogP contribution in [0.5, 0.6) is 17.2 Å². The lowest BCUT2D eigenvalue weighted by Gasteiger charge is -2.29. The molecule has 2 heterocycles. The van der Waals surface area contributed by atoms with Gasteiger partial charge in [-0.2, -0.15) is 4.98 Å². The molecule has 0 saturated carbocycles. The van der Waals surface area contributed by atoms with E-state index in [2.05, 4.69) is 33.5 Å². The molecule has 11 nitrogen and oxygen atoms in total. The first kappa shape index (κ1) is 33.2. The van der Waals surface area contributed by atoms with Crippen LogP contribution in [-0.4, -0.2) is 70.6 Å². The van der Waals surface area contributed by atoms with Gasteiger partial charge in [-0.3, -0.25) is 9.59 Å². The van der Waals surface area contributed by atoms with Crippen LogP contribution < -0.4 is 24.8 Å². The van der Waals surface area contributed by atoms with E-state index in [1.807, 2.05) is 52.0 Å². The summed E-state index contributed by atoms with van der Waals surface area (Å²) in [5, 5.41) is 11.7. The molecule has 1 unspecified atom stereocenters. The van der Waals surface area contributed by atoms with Gasteiger partial charge in [0.25, 0.3) is 11.8 Å². The molecule has 1 atom stereocenters. The fourth-order valence-corrected chi connectivity index (χ4v) is 6.13. The molecule has 2 N–H and O–H groups in total. The molecule has 0 aliphatic carbocycles. The number of ether oxygens (including phenoxy) is 3. The Morgan fingerprint density at radius 3 is 2.55 bits per heavy atom. The number of thioether (sulfide) groups is 1. The van der Waals surface area contributed by atoms with Crippen LogP contribution >= 0.6 is 27.7 Å². The summed E-state index contributed by atoms with van der Waals surface area (Å²) in [6, 6.07) is 10.3. The summed E-state index contributed by atoms with van der Waals surface area (Å²) in [7, 11) is 1.53. The van der Waals surface area contributed by atoms with Crippen LogP contribution in [0.15, 0.2) is 57.3 Å². The van der Waals surface area contributed by atoms with Crippen LogP contribution in [0.4, 0.5) is 11.6 Å². The SMILES string of the molecule is CCCSc1nc2n(n1)C(c1cc(Br)c(OCC(=O)N(CC)CC)c(OC)c1)C(C(=O)Nc1ccccc1OCC)=C(C)N2. The first-order chi connectivity index (χ1) is 21.3. The minimum absolute atomic E-state index is 0.124. The van der Waals surface area contributed by atoms with Gasteiger partial charge in [0.05, 0.1) is 29.4 Å². The van der Waals surface area contributed by atoms with Gasteiger partial charge >= 0.3 is 0 Å². The molecule has 0 fully saturated rings. The maximum absolute atomic E-state index is 14.1. The lowest BCUT2D eigenvalue weighted by Crippen LogP contribution is -2.34. The second kappa shape index (κ2) is 15.3. The zero-order valence-corrected chi connectivity index (χ0v) is 28.3. The number of allylic oxidation sites excluding steroid dienone is 1. The second-order valence-electron chi connectivity index (χ2n) is 9.85. The van der Waals surface area contributed by atoms with Crippen molar-refractivity contribution in [2.24, 2.45) is 0 Å². The fraction of sp³-hybridized carbons (Fsp3) is 0.419. The van der Waals surface area contributed by atoms with Crippen molar-refractivity contribution in [2.75, 3.05) is 49.8 Å². The molecular formula is C31H39BrN6O5S. The molecule has 236 valence electrons. The van der Waals surface area contributed by atoms with Crippen molar-refractivity contribution < 1.29 is 23.8 Å².